The maximum Gasteiger partial charge on any atom is 0.0643 e. The molecule has 0 bridgehead atoms. The molecule has 8 heavy (non-hydrogen) atoms. The smallest absolute Gasteiger partial charge is 0.0643 e. The van der Waals surface area contributed by atoms with E-state index in [-0.39, 0.29) is 0 Å². The van der Waals surface area contributed by atoms with E-state index in [0.717, 1.165) is 13.2 Å². The maximum absolute atomic E-state index is 4.97. The Morgan fingerprint density at radius 3 is 2.25 bits per heavy atom. The van der Waals surface area contributed by atoms with Gasteiger partial charge in [-0.15, -0.1) is 0 Å². The number of rotatable bonds is 2. The lowest BCUT2D eigenvalue weighted by atomic mass is 10.2. The lowest BCUT2D eigenvalue weighted by Gasteiger charge is -2.28. The first-order chi connectivity index (χ1) is 3.79. The van der Waals surface area contributed by atoms with Crippen LogP contribution in [-0.2, 0) is 4.74 Å². The van der Waals surface area contributed by atoms with E-state index in [1.54, 1.807) is 0 Å². The van der Waals surface area contributed by atoms with Gasteiger partial charge in [-0.3, -0.25) is 0 Å². The average Bonchev–Trinajstić information content (AvgIpc) is 1.55. The summed E-state index contributed by atoms with van der Waals surface area (Å²) >= 11 is 0. The van der Waals surface area contributed by atoms with Crippen molar-refractivity contribution in [2.24, 2.45) is 0 Å². The number of ether oxygens (including phenoxy) is 1. The van der Waals surface area contributed by atoms with Gasteiger partial charge in [-0.25, -0.2) is 0 Å². The average molecular weight is 115 g/mol. The molecule has 0 aromatic rings. The van der Waals surface area contributed by atoms with E-state index >= 15 is 0 Å². The highest BCUT2D eigenvalue weighted by Crippen LogP contribution is 1.99. The minimum absolute atomic E-state index is 0.601. The van der Waals surface area contributed by atoms with Gasteiger partial charge in [0.2, 0.25) is 0 Å². The normalized spacial score (nSPS) is 21.4. The summed E-state index contributed by atoms with van der Waals surface area (Å²) in [5.74, 6) is 0. The van der Waals surface area contributed by atoms with Crippen LogP contribution in [0.3, 0.4) is 0 Å². The zero-order chi connectivity index (χ0) is 5.98. The highest BCUT2D eigenvalue weighted by Gasteiger charge is 2.17. The largest absolute Gasteiger partial charge is 0.378 e. The Labute approximate surface area is 50.2 Å². The minimum Gasteiger partial charge on any atom is -0.378 e. The van der Waals surface area contributed by atoms with Gasteiger partial charge in [0.05, 0.1) is 19.3 Å². The van der Waals surface area contributed by atoms with Gasteiger partial charge in [-0.2, -0.15) is 0 Å². The fourth-order valence-corrected chi connectivity index (χ4v) is 0.803. The molecule has 0 aromatic heterocycles. The molecule has 0 aromatic carbocycles. The van der Waals surface area contributed by atoms with Crippen LogP contribution in [0.4, 0.5) is 0 Å². The Hall–Kier alpha value is -0.0800. The van der Waals surface area contributed by atoms with Crippen LogP contribution in [0.15, 0.2) is 0 Å². The van der Waals surface area contributed by atoms with Gasteiger partial charge in [0.1, 0.15) is 0 Å². The van der Waals surface area contributed by atoms with Crippen molar-refractivity contribution in [1.29, 1.82) is 0 Å². The van der Waals surface area contributed by atoms with Gasteiger partial charge < -0.3 is 10.1 Å². The number of hydrogen-bond donors (Lipinski definition) is 1. The van der Waals surface area contributed by atoms with Crippen molar-refractivity contribution in [3.05, 3.63) is 0 Å². The molecule has 48 valence electrons. The first-order valence-corrected chi connectivity index (χ1v) is 3.13. The molecule has 1 heterocycles. The molecule has 1 aliphatic heterocycles. The molecule has 0 amide bonds. The van der Waals surface area contributed by atoms with Gasteiger partial charge in [-0.1, -0.05) is 13.8 Å². The van der Waals surface area contributed by atoms with Crippen molar-refractivity contribution >= 4 is 0 Å². The third-order valence-electron chi connectivity index (χ3n) is 1.21. The quantitative estimate of drug-likeness (QED) is 0.562. The topological polar surface area (TPSA) is 21.3 Å². The van der Waals surface area contributed by atoms with E-state index in [9.17, 15) is 0 Å². The standard InChI is InChI=1S/C6H13NO/c1-5(2)7-6-3-8-4-6/h5-7H,3-4H2,1-2H3. The zero-order valence-corrected chi connectivity index (χ0v) is 5.48. The van der Waals surface area contributed by atoms with Crippen LogP contribution in [0.2, 0.25) is 0 Å². The summed E-state index contributed by atoms with van der Waals surface area (Å²) in [5.41, 5.74) is 0. The molecule has 1 saturated heterocycles. The highest BCUT2D eigenvalue weighted by molar-refractivity contribution is 4.74. The summed E-state index contributed by atoms with van der Waals surface area (Å²) in [5, 5.41) is 3.35. The summed E-state index contributed by atoms with van der Waals surface area (Å²) < 4.78 is 4.97. The molecular formula is C6H13NO. The third-order valence-corrected chi connectivity index (χ3v) is 1.21. The van der Waals surface area contributed by atoms with Crippen LogP contribution in [0.25, 0.3) is 0 Å². The molecule has 0 aliphatic carbocycles. The Balaban J connectivity index is 2.01. The third kappa shape index (κ3) is 1.46. The van der Waals surface area contributed by atoms with E-state index in [2.05, 4.69) is 19.2 Å². The van der Waals surface area contributed by atoms with Crippen molar-refractivity contribution in [3.63, 3.8) is 0 Å². The second-order valence-corrected chi connectivity index (χ2v) is 2.56. The van der Waals surface area contributed by atoms with Crippen molar-refractivity contribution in [1.82, 2.24) is 5.32 Å². The number of hydrogen-bond acceptors (Lipinski definition) is 2. The van der Waals surface area contributed by atoms with E-state index < -0.39 is 0 Å². The van der Waals surface area contributed by atoms with Crippen molar-refractivity contribution < 1.29 is 4.74 Å². The monoisotopic (exact) mass is 115 g/mol. The first kappa shape index (κ1) is 6.05. The van der Waals surface area contributed by atoms with Crippen LogP contribution in [0.5, 0.6) is 0 Å². The van der Waals surface area contributed by atoms with Gasteiger partial charge in [0, 0.05) is 6.04 Å². The zero-order valence-electron chi connectivity index (χ0n) is 5.48. The second kappa shape index (κ2) is 2.46. The van der Waals surface area contributed by atoms with Gasteiger partial charge >= 0.3 is 0 Å². The fourth-order valence-electron chi connectivity index (χ4n) is 0.803. The Morgan fingerprint density at radius 1 is 1.50 bits per heavy atom. The van der Waals surface area contributed by atoms with E-state index in [4.69, 9.17) is 4.74 Å². The SMILES string of the molecule is CC(C)NC1COC1. The van der Waals surface area contributed by atoms with Crippen molar-refractivity contribution in [2.75, 3.05) is 13.2 Å². The van der Waals surface area contributed by atoms with Crippen LogP contribution in [-0.4, -0.2) is 25.3 Å². The Morgan fingerprint density at radius 2 is 2.12 bits per heavy atom. The molecule has 1 fully saturated rings. The van der Waals surface area contributed by atoms with Crippen LogP contribution < -0.4 is 5.32 Å². The molecule has 0 saturated carbocycles. The van der Waals surface area contributed by atoms with Gasteiger partial charge in [-0.05, 0) is 0 Å². The van der Waals surface area contributed by atoms with Crippen molar-refractivity contribution in [2.45, 2.75) is 25.9 Å². The summed E-state index contributed by atoms with van der Waals surface area (Å²) in [6, 6.07) is 1.24. The first-order valence-electron chi connectivity index (χ1n) is 3.13. The maximum atomic E-state index is 4.97. The van der Waals surface area contributed by atoms with Crippen molar-refractivity contribution in [3.8, 4) is 0 Å². The number of nitrogens with one attached hydrogen (secondary N) is 1. The predicted octanol–water partition coefficient (Wildman–Crippen LogP) is 0.383. The molecule has 1 N–H and O–H groups in total. The van der Waals surface area contributed by atoms with Gasteiger partial charge in [0.25, 0.3) is 0 Å². The summed E-state index contributed by atoms with van der Waals surface area (Å²) in [6.45, 7) is 6.10. The molecular weight excluding hydrogens is 102 g/mol. The van der Waals surface area contributed by atoms with E-state index in [1.807, 2.05) is 0 Å². The van der Waals surface area contributed by atoms with Crippen LogP contribution in [0.1, 0.15) is 13.8 Å². The van der Waals surface area contributed by atoms with E-state index in [0.29, 0.717) is 12.1 Å². The Kier molecular flexibility index (Phi) is 1.86. The molecule has 1 aliphatic rings. The molecule has 2 nitrogen and oxygen atoms in total. The second-order valence-electron chi connectivity index (χ2n) is 2.56. The Bertz CT molecular complexity index is 68.9. The van der Waals surface area contributed by atoms with Crippen LogP contribution >= 0.6 is 0 Å². The van der Waals surface area contributed by atoms with E-state index in [1.165, 1.54) is 0 Å². The summed E-state index contributed by atoms with van der Waals surface area (Å²) in [7, 11) is 0. The molecule has 0 radical (unpaired) electrons. The summed E-state index contributed by atoms with van der Waals surface area (Å²) in [6.07, 6.45) is 0. The predicted molar refractivity (Wildman–Crippen MR) is 32.9 cm³/mol. The molecule has 0 unspecified atom stereocenters. The molecule has 0 atom stereocenters. The fraction of sp³-hybridized carbons (Fsp3) is 1.00. The lowest BCUT2D eigenvalue weighted by Crippen LogP contribution is -2.48. The summed E-state index contributed by atoms with van der Waals surface area (Å²) in [4.78, 5) is 0. The van der Waals surface area contributed by atoms with Gasteiger partial charge in [0.15, 0.2) is 0 Å². The molecule has 0 spiro atoms. The molecule has 1 rings (SSSR count). The lowest BCUT2D eigenvalue weighted by molar-refractivity contribution is -0.00828. The highest BCUT2D eigenvalue weighted by atomic mass is 16.5. The minimum atomic E-state index is 0.601. The molecule has 2 heteroatoms. The van der Waals surface area contributed by atoms with Crippen LogP contribution in [0, 0.1) is 0 Å².